The smallest absolute Gasteiger partial charge is 0.280 e. The van der Waals surface area contributed by atoms with E-state index in [0.717, 1.165) is 23.9 Å². The fourth-order valence-corrected chi connectivity index (χ4v) is 3.22. The predicted molar refractivity (Wildman–Crippen MR) is 108 cm³/mol. The maximum atomic E-state index is 12.6. The van der Waals surface area contributed by atoms with Crippen LogP contribution in [0.3, 0.4) is 0 Å². The third-order valence-corrected chi connectivity index (χ3v) is 4.53. The summed E-state index contributed by atoms with van der Waals surface area (Å²) in [6.07, 6.45) is 5.02. The summed E-state index contributed by atoms with van der Waals surface area (Å²) in [6.45, 7) is 2.05. The molecule has 3 aromatic rings. The molecule has 8 heteroatoms. The van der Waals surface area contributed by atoms with Crippen molar-refractivity contribution in [2.24, 2.45) is 4.99 Å². The topological polar surface area (TPSA) is 96.3 Å². The van der Waals surface area contributed by atoms with Crippen LogP contribution in [0, 0.1) is 0 Å². The minimum atomic E-state index is -3.40. The van der Waals surface area contributed by atoms with Gasteiger partial charge in [0.1, 0.15) is 0 Å². The van der Waals surface area contributed by atoms with Crippen LogP contribution in [0.25, 0.3) is 5.69 Å². The SMILES string of the molecule is CCc1ccccc1N=Cc1c[nH]n(-c2cccc(NS(C)(=O)=O)c2)c1=O. The Bertz CT molecular complexity index is 1140. The van der Waals surface area contributed by atoms with Gasteiger partial charge in [-0.15, -0.1) is 0 Å². The number of aryl methyl sites for hydroxylation is 1. The number of anilines is 1. The van der Waals surface area contributed by atoms with Crippen LogP contribution in [0.15, 0.2) is 64.5 Å². The Hall–Kier alpha value is -3.13. The van der Waals surface area contributed by atoms with Gasteiger partial charge in [0.25, 0.3) is 5.56 Å². The molecule has 0 aliphatic heterocycles. The van der Waals surface area contributed by atoms with Gasteiger partial charge in [0.2, 0.25) is 10.0 Å². The van der Waals surface area contributed by atoms with E-state index in [1.807, 2.05) is 24.3 Å². The molecule has 27 heavy (non-hydrogen) atoms. The average Bonchev–Trinajstić information content (AvgIpc) is 2.99. The first-order chi connectivity index (χ1) is 12.9. The first-order valence-corrected chi connectivity index (χ1v) is 10.3. The van der Waals surface area contributed by atoms with E-state index >= 15 is 0 Å². The zero-order valence-electron chi connectivity index (χ0n) is 15.0. The van der Waals surface area contributed by atoms with Crippen molar-refractivity contribution >= 4 is 27.6 Å². The number of aromatic amines is 1. The number of hydrogen-bond donors (Lipinski definition) is 2. The molecule has 0 atom stereocenters. The highest BCUT2D eigenvalue weighted by atomic mass is 32.2. The van der Waals surface area contributed by atoms with Crippen LogP contribution in [0.4, 0.5) is 11.4 Å². The van der Waals surface area contributed by atoms with E-state index in [1.165, 1.54) is 10.9 Å². The zero-order chi connectivity index (χ0) is 19.4. The summed E-state index contributed by atoms with van der Waals surface area (Å²) in [4.78, 5) is 17.1. The number of nitrogens with zero attached hydrogens (tertiary/aromatic N) is 2. The highest BCUT2D eigenvalue weighted by Gasteiger charge is 2.08. The molecule has 0 bridgehead atoms. The molecular weight excluding hydrogens is 364 g/mol. The standard InChI is InChI=1S/C19H20N4O3S/c1-3-14-7-4-5-10-18(14)20-12-15-13-21-23(19(15)24)17-9-6-8-16(11-17)22-27(2,25)26/h4-13,21-22H,3H2,1-2H3. The molecule has 140 valence electrons. The maximum Gasteiger partial charge on any atom is 0.280 e. The van der Waals surface area contributed by atoms with Crippen molar-refractivity contribution in [2.75, 3.05) is 11.0 Å². The Kier molecular flexibility index (Phi) is 5.27. The third-order valence-electron chi connectivity index (χ3n) is 3.92. The Morgan fingerprint density at radius 3 is 2.70 bits per heavy atom. The molecule has 1 heterocycles. The molecule has 0 aliphatic carbocycles. The van der Waals surface area contributed by atoms with Gasteiger partial charge in [0.15, 0.2) is 0 Å². The fourth-order valence-electron chi connectivity index (χ4n) is 2.67. The van der Waals surface area contributed by atoms with Gasteiger partial charge in [-0.2, -0.15) is 0 Å². The number of nitrogens with one attached hydrogen (secondary N) is 2. The summed E-state index contributed by atoms with van der Waals surface area (Å²) in [5.74, 6) is 0. The Labute approximate surface area is 157 Å². The second-order valence-electron chi connectivity index (χ2n) is 6.03. The van der Waals surface area contributed by atoms with Gasteiger partial charge in [-0.05, 0) is 36.2 Å². The van der Waals surface area contributed by atoms with Crippen molar-refractivity contribution < 1.29 is 8.42 Å². The number of hydrogen-bond acceptors (Lipinski definition) is 4. The molecule has 2 N–H and O–H groups in total. The highest BCUT2D eigenvalue weighted by molar-refractivity contribution is 7.92. The maximum absolute atomic E-state index is 12.6. The number of aliphatic imine (C=N–C) groups is 1. The number of benzene rings is 2. The van der Waals surface area contributed by atoms with E-state index in [0.29, 0.717) is 16.9 Å². The van der Waals surface area contributed by atoms with E-state index in [-0.39, 0.29) is 5.56 Å². The number of para-hydroxylation sites is 1. The van der Waals surface area contributed by atoms with Crippen molar-refractivity contribution in [1.82, 2.24) is 9.78 Å². The van der Waals surface area contributed by atoms with Crippen molar-refractivity contribution in [2.45, 2.75) is 13.3 Å². The largest absolute Gasteiger partial charge is 0.298 e. The van der Waals surface area contributed by atoms with Crippen molar-refractivity contribution in [1.29, 1.82) is 0 Å². The second-order valence-corrected chi connectivity index (χ2v) is 7.78. The first kappa shape index (κ1) is 18.7. The molecule has 0 unspecified atom stereocenters. The minimum Gasteiger partial charge on any atom is -0.298 e. The normalized spacial score (nSPS) is 11.8. The Balaban J connectivity index is 1.91. The number of sulfonamides is 1. The number of aromatic nitrogens is 2. The lowest BCUT2D eigenvalue weighted by molar-refractivity contribution is 0.607. The van der Waals surface area contributed by atoms with E-state index in [2.05, 4.69) is 21.7 Å². The molecule has 0 saturated carbocycles. The minimum absolute atomic E-state index is 0.274. The summed E-state index contributed by atoms with van der Waals surface area (Å²) in [5, 5.41) is 2.88. The monoisotopic (exact) mass is 384 g/mol. The van der Waals surface area contributed by atoms with E-state index in [1.54, 1.807) is 30.5 Å². The summed E-state index contributed by atoms with van der Waals surface area (Å²) in [5.41, 5.74) is 2.95. The Morgan fingerprint density at radius 1 is 1.19 bits per heavy atom. The molecule has 0 aliphatic rings. The molecule has 0 radical (unpaired) electrons. The van der Waals surface area contributed by atoms with Crippen LogP contribution in [-0.4, -0.2) is 30.7 Å². The Morgan fingerprint density at radius 2 is 1.96 bits per heavy atom. The lowest BCUT2D eigenvalue weighted by atomic mass is 10.1. The summed E-state index contributed by atoms with van der Waals surface area (Å²) in [6, 6.07) is 14.3. The van der Waals surface area contributed by atoms with Crippen molar-refractivity contribution in [3.05, 3.63) is 76.2 Å². The van der Waals surface area contributed by atoms with Crippen LogP contribution in [-0.2, 0) is 16.4 Å². The lowest BCUT2D eigenvalue weighted by Crippen LogP contribution is -2.17. The summed E-state index contributed by atoms with van der Waals surface area (Å²) in [7, 11) is -3.40. The van der Waals surface area contributed by atoms with Crippen LogP contribution in [0.1, 0.15) is 18.1 Å². The van der Waals surface area contributed by atoms with Gasteiger partial charge in [0, 0.05) is 12.4 Å². The number of H-pyrrole nitrogens is 1. The van der Waals surface area contributed by atoms with E-state index in [4.69, 9.17) is 0 Å². The molecule has 0 fully saturated rings. The third kappa shape index (κ3) is 4.53. The van der Waals surface area contributed by atoms with Gasteiger partial charge in [-0.3, -0.25) is 19.6 Å². The molecule has 0 spiro atoms. The second kappa shape index (κ2) is 7.63. The molecule has 1 aromatic heterocycles. The van der Waals surface area contributed by atoms with Crippen LogP contribution in [0.2, 0.25) is 0 Å². The van der Waals surface area contributed by atoms with Gasteiger partial charge >= 0.3 is 0 Å². The molecule has 3 rings (SSSR count). The van der Waals surface area contributed by atoms with E-state index in [9.17, 15) is 13.2 Å². The highest BCUT2D eigenvalue weighted by Crippen LogP contribution is 2.19. The van der Waals surface area contributed by atoms with Gasteiger partial charge < -0.3 is 0 Å². The summed E-state index contributed by atoms with van der Waals surface area (Å²) >= 11 is 0. The number of rotatable bonds is 6. The fraction of sp³-hybridized carbons (Fsp3) is 0.158. The van der Waals surface area contributed by atoms with Gasteiger partial charge in [-0.1, -0.05) is 31.2 Å². The average molecular weight is 384 g/mol. The van der Waals surface area contributed by atoms with Crippen LogP contribution in [0.5, 0.6) is 0 Å². The van der Waals surface area contributed by atoms with Gasteiger partial charge in [-0.25, -0.2) is 13.1 Å². The van der Waals surface area contributed by atoms with Crippen LogP contribution < -0.4 is 10.3 Å². The predicted octanol–water partition coefficient (Wildman–Crippen LogP) is 2.85. The molecule has 0 saturated heterocycles. The first-order valence-electron chi connectivity index (χ1n) is 8.38. The quantitative estimate of drug-likeness (QED) is 0.640. The van der Waals surface area contributed by atoms with Crippen LogP contribution >= 0.6 is 0 Å². The zero-order valence-corrected chi connectivity index (χ0v) is 15.8. The molecule has 0 amide bonds. The van der Waals surface area contributed by atoms with Crippen molar-refractivity contribution in [3.8, 4) is 5.69 Å². The molecule has 7 nitrogen and oxygen atoms in total. The lowest BCUT2D eigenvalue weighted by Gasteiger charge is -2.06. The summed E-state index contributed by atoms with van der Waals surface area (Å²) < 4.78 is 26.5. The molecular formula is C19H20N4O3S. The van der Waals surface area contributed by atoms with Crippen molar-refractivity contribution in [3.63, 3.8) is 0 Å². The van der Waals surface area contributed by atoms with Gasteiger partial charge in [0.05, 0.1) is 28.9 Å². The molecule has 2 aromatic carbocycles. The van der Waals surface area contributed by atoms with E-state index < -0.39 is 10.0 Å².